The normalized spacial score (nSPS) is 18.8. The minimum absolute atomic E-state index is 0.0158. The second-order valence-electron chi connectivity index (χ2n) is 7.05. The molecule has 0 saturated carbocycles. The minimum Gasteiger partial charge on any atom is -0.368 e. The summed E-state index contributed by atoms with van der Waals surface area (Å²) >= 11 is 6.31. The number of hydrogen-bond donors (Lipinski definition) is 0. The lowest BCUT2D eigenvalue weighted by Gasteiger charge is -2.38. The van der Waals surface area contributed by atoms with Gasteiger partial charge in [0.05, 0.1) is 22.2 Å². The van der Waals surface area contributed by atoms with Crippen LogP contribution >= 0.6 is 11.6 Å². The second-order valence-corrected chi connectivity index (χ2v) is 7.46. The number of piperazine rings is 1. The Bertz CT molecular complexity index is 660. The number of piperidine rings is 1. The Morgan fingerprint density at radius 2 is 1.77 bits per heavy atom. The minimum atomic E-state index is -0.424. The molecule has 0 radical (unpaired) electrons. The van der Waals surface area contributed by atoms with E-state index in [-0.39, 0.29) is 11.6 Å². The molecule has 142 valence electrons. The van der Waals surface area contributed by atoms with Gasteiger partial charge in [0.1, 0.15) is 0 Å². The molecule has 2 aliphatic heterocycles. The molecule has 0 atom stereocenters. The number of likely N-dealkylation sites (tertiary alicyclic amines) is 1. The van der Waals surface area contributed by atoms with Crippen LogP contribution in [0.1, 0.15) is 24.8 Å². The molecule has 26 heavy (non-hydrogen) atoms. The number of carbonyl (C=O) groups is 1. The smallest absolute Gasteiger partial charge is 0.271 e. The number of aryl methyl sites for hydroxylation is 1. The average Bonchev–Trinajstić information content (AvgIpc) is 2.63. The van der Waals surface area contributed by atoms with Crippen molar-refractivity contribution >= 4 is 28.9 Å². The molecule has 1 aromatic rings. The molecule has 7 nitrogen and oxygen atoms in total. The van der Waals surface area contributed by atoms with Gasteiger partial charge in [-0.3, -0.25) is 19.8 Å². The Balaban J connectivity index is 1.58. The van der Waals surface area contributed by atoms with Crippen molar-refractivity contribution in [1.82, 2.24) is 9.80 Å². The summed E-state index contributed by atoms with van der Waals surface area (Å²) in [5, 5.41) is 11.4. The van der Waals surface area contributed by atoms with Gasteiger partial charge in [0.25, 0.3) is 5.69 Å². The standard InChI is InChI=1S/C18H25ClN4O3/c1-14-11-15(23(25)26)12-16(19)18(14)22-9-7-20(8-10-22)13-17(24)21-5-3-2-4-6-21/h11-12H,2-10,13H2,1H3. The Labute approximate surface area is 158 Å². The number of nitrogens with zero attached hydrogens (tertiary/aromatic N) is 4. The van der Waals surface area contributed by atoms with Crippen LogP contribution in [0.2, 0.25) is 5.02 Å². The zero-order chi connectivity index (χ0) is 18.7. The van der Waals surface area contributed by atoms with E-state index in [0.717, 1.165) is 63.4 Å². The van der Waals surface area contributed by atoms with E-state index in [9.17, 15) is 14.9 Å². The zero-order valence-electron chi connectivity index (χ0n) is 15.1. The van der Waals surface area contributed by atoms with Crippen LogP contribution < -0.4 is 4.90 Å². The van der Waals surface area contributed by atoms with Gasteiger partial charge in [-0.2, -0.15) is 0 Å². The molecule has 8 heteroatoms. The van der Waals surface area contributed by atoms with Gasteiger partial charge < -0.3 is 9.80 Å². The van der Waals surface area contributed by atoms with Gasteiger partial charge in [-0.1, -0.05) is 11.6 Å². The third-order valence-corrected chi connectivity index (χ3v) is 5.49. The number of anilines is 1. The van der Waals surface area contributed by atoms with Crippen molar-refractivity contribution in [1.29, 1.82) is 0 Å². The van der Waals surface area contributed by atoms with Crippen LogP contribution in [0.15, 0.2) is 12.1 Å². The molecule has 1 aromatic carbocycles. The van der Waals surface area contributed by atoms with Crippen LogP contribution in [-0.2, 0) is 4.79 Å². The summed E-state index contributed by atoms with van der Waals surface area (Å²) in [6.07, 6.45) is 3.44. The number of rotatable bonds is 4. The fourth-order valence-electron chi connectivity index (χ4n) is 3.79. The molecular weight excluding hydrogens is 356 g/mol. The lowest BCUT2D eigenvalue weighted by Crippen LogP contribution is -2.50. The number of hydrogen-bond acceptors (Lipinski definition) is 5. The predicted octanol–water partition coefficient (Wildman–Crippen LogP) is 2.69. The largest absolute Gasteiger partial charge is 0.368 e. The van der Waals surface area contributed by atoms with Crippen LogP contribution in [0.3, 0.4) is 0 Å². The first-order valence-corrected chi connectivity index (χ1v) is 9.53. The number of carbonyl (C=O) groups excluding carboxylic acids is 1. The topological polar surface area (TPSA) is 69.9 Å². The average molecular weight is 381 g/mol. The van der Waals surface area contributed by atoms with Gasteiger partial charge in [0, 0.05) is 51.4 Å². The van der Waals surface area contributed by atoms with Gasteiger partial charge in [-0.25, -0.2) is 0 Å². The van der Waals surface area contributed by atoms with Crippen LogP contribution in [0, 0.1) is 17.0 Å². The Hall–Kier alpha value is -1.86. The van der Waals surface area contributed by atoms with E-state index in [0.29, 0.717) is 11.6 Å². The maximum absolute atomic E-state index is 12.4. The highest BCUT2D eigenvalue weighted by molar-refractivity contribution is 6.33. The van der Waals surface area contributed by atoms with Crippen molar-refractivity contribution in [3.63, 3.8) is 0 Å². The zero-order valence-corrected chi connectivity index (χ0v) is 15.9. The predicted molar refractivity (Wildman–Crippen MR) is 102 cm³/mol. The fourth-order valence-corrected chi connectivity index (χ4v) is 4.17. The number of nitro benzene ring substituents is 1. The first-order valence-electron chi connectivity index (χ1n) is 9.15. The van der Waals surface area contributed by atoms with Crippen LogP contribution in [0.4, 0.5) is 11.4 Å². The maximum atomic E-state index is 12.4. The number of halogens is 1. The molecule has 2 aliphatic rings. The van der Waals surface area contributed by atoms with Crippen molar-refractivity contribution in [3.8, 4) is 0 Å². The molecule has 0 aliphatic carbocycles. The van der Waals surface area contributed by atoms with E-state index in [1.807, 2.05) is 11.8 Å². The second kappa shape index (κ2) is 8.22. The van der Waals surface area contributed by atoms with Crippen LogP contribution in [0.25, 0.3) is 0 Å². The lowest BCUT2D eigenvalue weighted by molar-refractivity contribution is -0.384. The van der Waals surface area contributed by atoms with E-state index in [1.54, 1.807) is 6.07 Å². The van der Waals surface area contributed by atoms with Crippen LogP contribution in [0.5, 0.6) is 0 Å². The first kappa shape index (κ1) is 18.9. The third kappa shape index (κ3) is 4.27. The number of benzene rings is 1. The molecule has 0 bridgehead atoms. The molecule has 0 spiro atoms. The van der Waals surface area contributed by atoms with Gasteiger partial charge in [-0.15, -0.1) is 0 Å². The van der Waals surface area contributed by atoms with E-state index in [2.05, 4.69) is 9.80 Å². The molecule has 2 fully saturated rings. The number of nitro groups is 1. The monoisotopic (exact) mass is 380 g/mol. The summed E-state index contributed by atoms with van der Waals surface area (Å²) in [5.74, 6) is 0.225. The van der Waals surface area contributed by atoms with Crippen molar-refractivity contribution in [2.75, 3.05) is 50.7 Å². The summed E-state index contributed by atoms with van der Waals surface area (Å²) in [5.41, 5.74) is 1.68. The first-order chi connectivity index (χ1) is 12.5. The van der Waals surface area contributed by atoms with E-state index < -0.39 is 4.92 Å². The van der Waals surface area contributed by atoms with Gasteiger partial charge >= 0.3 is 0 Å². The van der Waals surface area contributed by atoms with Gasteiger partial charge in [-0.05, 0) is 31.7 Å². The molecule has 0 aromatic heterocycles. The molecule has 1 amide bonds. The van der Waals surface area contributed by atoms with E-state index in [4.69, 9.17) is 11.6 Å². The molecule has 2 saturated heterocycles. The molecular formula is C18H25ClN4O3. The van der Waals surface area contributed by atoms with Crippen molar-refractivity contribution in [3.05, 3.63) is 32.8 Å². The Morgan fingerprint density at radius 3 is 2.35 bits per heavy atom. The summed E-state index contributed by atoms with van der Waals surface area (Å²) in [7, 11) is 0. The highest BCUT2D eigenvalue weighted by atomic mass is 35.5. The van der Waals surface area contributed by atoms with E-state index >= 15 is 0 Å². The number of non-ortho nitro benzene ring substituents is 1. The lowest BCUT2D eigenvalue weighted by atomic mass is 10.1. The van der Waals surface area contributed by atoms with Crippen molar-refractivity contribution in [2.45, 2.75) is 26.2 Å². The fraction of sp³-hybridized carbons (Fsp3) is 0.611. The summed E-state index contributed by atoms with van der Waals surface area (Å²) < 4.78 is 0. The third-order valence-electron chi connectivity index (χ3n) is 5.21. The van der Waals surface area contributed by atoms with E-state index in [1.165, 1.54) is 12.5 Å². The van der Waals surface area contributed by atoms with Gasteiger partial charge in [0.2, 0.25) is 5.91 Å². The highest BCUT2D eigenvalue weighted by Gasteiger charge is 2.25. The number of amides is 1. The molecule has 2 heterocycles. The maximum Gasteiger partial charge on any atom is 0.271 e. The Morgan fingerprint density at radius 1 is 1.12 bits per heavy atom. The molecule has 3 rings (SSSR count). The van der Waals surface area contributed by atoms with Crippen molar-refractivity contribution in [2.24, 2.45) is 0 Å². The molecule has 0 N–H and O–H groups in total. The highest BCUT2D eigenvalue weighted by Crippen LogP contribution is 2.34. The summed E-state index contributed by atoms with van der Waals surface area (Å²) in [6.45, 7) is 7.17. The quantitative estimate of drug-likeness (QED) is 0.593. The summed E-state index contributed by atoms with van der Waals surface area (Å²) in [6, 6.07) is 2.98. The SMILES string of the molecule is Cc1cc([N+](=O)[O-])cc(Cl)c1N1CCN(CC(=O)N2CCCCC2)CC1. The van der Waals surface area contributed by atoms with Gasteiger partial charge in [0.15, 0.2) is 0 Å². The Kier molecular flexibility index (Phi) is 5.98. The molecule has 0 unspecified atom stereocenters. The summed E-state index contributed by atoms with van der Waals surface area (Å²) in [4.78, 5) is 29.3. The van der Waals surface area contributed by atoms with Crippen molar-refractivity contribution < 1.29 is 9.72 Å². The van der Waals surface area contributed by atoms with Crippen LogP contribution in [-0.4, -0.2) is 66.4 Å².